The number of fused-ring (bicyclic) bond motifs is 1. The number of amides is 2. The number of nitrogens with one attached hydrogen (secondary N) is 2. The third-order valence-corrected chi connectivity index (χ3v) is 4.09. The van der Waals surface area contributed by atoms with Crippen LogP contribution in [0.4, 0.5) is 0 Å². The number of carbonyl (C=O) groups excluding carboxylic acids is 2. The van der Waals surface area contributed by atoms with Crippen molar-refractivity contribution in [1.82, 2.24) is 10.9 Å². The van der Waals surface area contributed by atoms with E-state index in [1.54, 1.807) is 30.3 Å². The minimum absolute atomic E-state index is 0.0368. The standard InChI is InChI=1S/C19H20N2O7/c1-24-14-7-4-11(17(25-2)18(14)26-3)9-16(22)20-21-19(23)12-5-6-13-15(8-12)28-10-27-13/h4-8H,9-10H2,1-3H3,(H,20,22)(H,21,23). The fraction of sp³-hybridized carbons (Fsp3) is 0.263. The molecule has 28 heavy (non-hydrogen) atoms. The molecule has 0 fully saturated rings. The summed E-state index contributed by atoms with van der Waals surface area (Å²) in [6.07, 6.45) is -0.0368. The van der Waals surface area contributed by atoms with E-state index in [0.717, 1.165) is 0 Å². The summed E-state index contributed by atoms with van der Waals surface area (Å²) in [4.78, 5) is 24.5. The van der Waals surface area contributed by atoms with Crippen molar-refractivity contribution < 1.29 is 33.3 Å². The highest BCUT2D eigenvalue weighted by atomic mass is 16.7. The van der Waals surface area contributed by atoms with Crippen molar-refractivity contribution in [3.8, 4) is 28.7 Å². The second-order valence-electron chi connectivity index (χ2n) is 5.74. The van der Waals surface area contributed by atoms with E-state index in [4.69, 9.17) is 23.7 Å². The minimum Gasteiger partial charge on any atom is -0.493 e. The quantitative estimate of drug-likeness (QED) is 0.722. The minimum atomic E-state index is -0.481. The Bertz CT molecular complexity index is 898. The maximum Gasteiger partial charge on any atom is 0.269 e. The number of hydrogen-bond acceptors (Lipinski definition) is 7. The normalized spacial score (nSPS) is 11.5. The molecule has 0 bridgehead atoms. The molecule has 148 valence electrons. The molecule has 9 heteroatoms. The van der Waals surface area contributed by atoms with Crippen molar-refractivity contribution in [2.45, 2.75) is 6.42 Å². The van der Waals surface area contributed by atoms with E-state index in [1.807, 2.05) is 0 Å². The molecular formula is C19H20N2O7. The molecule has 0 saturated carbocycles. The Morgan fingerprint density at radius 1 is 0.929 bits per heavy atom. The lowest BCUT2D eigenvalue weighted by atomic mass is 10.1. The van der Waals surface area contributed by atoms with Crippen LogP contribution in [0.15, 0.2) is 30.3 Å². The molecule has 0 radical (unpaired) electrons. The zero-order valence-corrected chi connectivity index (χ0v) is 15.7. The SMILES string of the molecule is COc1ccc(CC(=O)NNC(=O)c2ccc3c(c2)OCO3)c(OC)c1OC. The fourth-order valence-electron chi connectivity index (χ4n) is 2.76. The lowest BCUT2D eigenvalue weighted by Gasteiger charge is -2.15. The van der Waals surface area contributed by atoms with Crippen LogP contribution in [0.1, 0.15) is 15.9 Å². The predicted molar refractivity (Wildman–Crippen MR) is 98.0 cm³/mol. The van der Waals surface area contributed by atoms with Gasteiger partial charge in [-0.05, 0) is 24.3 Å². The van der Waals surface area contributed by atoms with Gasteiger partial charge in [0.15, 0.2) is 23.0 Å². The van der Waals surface area contributed by atoms with Crippen LogP contribution in [-0.2, 0) is 11.2 Å². The van der Waals surface area contributed by atoms with Crippen molar-refractivity contribution in [1.29, 1.82) is 0 Å². The van der Waals surface area contributed by atoms with Gasteiger partial charge in [0.25, 0.3) is 5.91 Å². The van der Waals surface area contributed by atoms with E-state index < -0.39 is 11.8 Å². The first-order chi connectivity index (χ1) is 13.6. The number of hydrazine groups is 1. The molecule has 2 N–H and O–H groups in total. The molecule has 1 aliphatic heterocycles. The van der Waals surface area contributed by atoms with Crippen LogP contribution in [0.2, 0.25) is 0 Å². The molecule has 0 aliphatic carbocycles. The summed E-state index contributed by atoms with van der Waals surface area (Å²) < 4.78 is 26.3. The molecule has 0 spiro atoms. The number of benzene rings is 2. The Morgan fingerprint density at radius 3 is 2.39 bits per heavy atom. The summed E-state index contributed by atoms with van der Waals surface area (Å²) in [7, 11) is 4.46. The van der Waals surface area contributed by atoms with Crippen LogP contribution in [0.25, 0.3) is 0 Å². The molecule has 1 heterocycles. The summed E-state index contributed by atoms with van der Waals surface area (Å²) in [6.45, 7) is 0.115. The number of hydrogen-bond donors (Lipinski definition) is 2. The molecule has 2 amide bonds. The highest BCUT2D eigenvalue weighted by molar-refractivity contribution is 5.96. The lowest BCUT2D eigenvalue weighted by molar-refractivity contribution is -0.121. The zero-order chi connectivity index (χ0) is 20.1. The summed E-state index contributed by atoms with van der Waals surface area (Å²) in [5, 5.41) is 0. The van der Waals surface area contributed by atoms with Crippen molar-refractivity contribution in [2.24, 2.45) is 0 Å². The van der Waals surface area contributed by atoms with Crippen LogP contribution in [0.3, 0.4) is 0 Å². The second kappa shape index (κ2) is 8.38. The van der Waals surface area contributed by atoms with E-state index in [-0.39, 0.29) is 13.2 Å². The molecule has 9 nitrogen and oxygen atoms in total. The second-order valence-corrected chi connectivity index (χ2v) is 5.74. The first-order valence-corrected chi connectivity index (χ1v) is 8.34. The molecule has 3 rings (SSSR count). The van der Waals surface area contributed by atoms with Crippen molar-refractivity contribution >= 4 is 11.8 Å². The van der Waals surface area contributed by atoms with Crippen molar-refractivity contribution in [2.75, 3.05) is 28.1 Å². The molecule has 0 atom stereocenters. The summed E-state index contributed by atoms with van der Waals surface area (Å²) >= 11 is 0. The number of ether oxygens (including phenoxy) is 5. The Balaban J connectivity index is 1.64. The van der Waals surface area contributed by atoms with E-state index in [0.29, 0.717) is 39.9 Å². The van der Waals surface area contributed by atoms with Crippen molar-refractivity contribution in [3.05, 3.63) is 41.5 Å². The Morgan fingerprint density at radius 2 is 1.68 bits per heavy atom. The summed E-state index contributed by atoms with van der Waals surface area (Å²) in [6, 6.07) is 8.12. The van der Waals surface area contributed by atoms with Gasteiger partial charge in [-0.25, -0.2) is 0 Å². The van der Waals surface area contributed by atoms with E-state index in [1.165, 1.54) is 21.3 Å². The molecule has 0 saturated heterocycles. The van der Waals surface area contributed by atoms with Gasteiger partial charge in [-0.1, -0.05) is 6.07 Å². The average Bonchev–Trinajstić information content (AvgIpc) is 3.19. The zero-order valence-electron chi connectivity index (χ0n) is 15.7. The molecule has 2 aromatic carbocycles. The lowest BCUT2D eigenvalue weighted by Crippen LogP contribution is -2.42. The first-order valence-electron chi connectivity index (χ1n) is 8.34. The monoisotopic (exact) mass is 388 g/mol. The maximum absolute atomic E-state index is 12.3. The Hall–Kier alpha value is -3.62. The van der Waals surface area contributed by atoms with Gasteiger partial charge < -0.3 is 23.7 Å². The summed E-state index contributed by atoms with van der Waals surface area (Å²) in [5.41, 5.74) is 5.65. The van der Waals surface area contributed by atoms with E-state index >= 15 is 0 Å². The smallest absolute Gasteiger partial charge is 0.269 e. The van der Waals surface area contributed by atoms with Crippen LogP contribution in [0.5, 0.6) is 28.7 Å². The van der Waals surface area contributed by atoms with Gasteiger partial charge in [0.1, 0.15) is 0 Å². The highest BCUT2D eigenvalue weighted by Crippen LogP contribution is 2.39. The van der Waals surface area contributed by atoms with Gasteiger partial charge >= 0.3 is 0 Å². The number of rotatable bonds is 6. The molecule has 2 aromatic rings. The topological polar surface area (TPSA) is 104 Å². The van der Waals surface area contributed by atoms with Gasteiger partial charge in [-0.15, -0.1) is 0 Å². The van der Waals surface area contributed by atoms with Crippen LogP contribution < -0.4 is 34.5 Å². The van der Waals surface area contributed by atoms with Gasteiger partial charge in [0.2, 0.25) is 18.4 Å². The van der Waals surface area contributed by atoms with Crippen molar-refractivity contribution in [3.63, 3.8) is 0 Å². The predicted octanol–water partition coefficient (Wildman–Crippen LogP) is 1.44. The Kier molecular flexibility index (Phi) is 5.73. The maximum atomic E-state index is 12.3. The van der Waals surface area contributed by atoms with Gasteiger partial charge in [-0.2, -0.15) is 0 Å². The summed E-state index contributed by atoms with van der Waals surface area (Å²) in [5.74, 6) is 1.40. The van der Waals surface area contributed by atoms with Gasteiger partial charge in [0, 0.05) is 11.1 Å². The van der Waals surface area contributed by atoms with Gasteiger partial charge in [0.05, 0.1) is 27.8 Å². The third-order valence-electron chi connectivity index (χ3n) is 4.09. The van der Waals surface area contributed by atoms with Gasteiger partial charge in [-0.3, -0.25) is 20.4 Å². The van der Waals surface area contributed by atoms with Crippen LogP contribution >= 0.6 is 0 Å². The average molecular weight is 388 g/mol. The largest absolute Gasteiger partial charge is 0.493 e. The molecule has 0 aromatic heterocycles. The van der Waals surface area contributed by atoms with Crippen LogP contribution in [0, 0.1) is 0 Å². The fourth-order valence-corrected chi connectivity index (χ4v) is 2.76. The van der Waals surface area contributed by atoms with E-state index in [2.05, 4.69) is 10.9 Å². The molecule has 0 unspecified atom stereocenters. The third kappa shape index (κ3) is 3.88. The number of methoxy groups -OCH3 is 3. The first kappa shape index (κ1) is 19.2. The molecule has 1 aliphatic rings. The Labute approximate surface area is 161 Å². The molecular weight excluding hydrogens is 368 g/mol. The van der Waals surface area contributed by atoms with E-state index in [9.17, 15) is 9.59 Å². The number of carbonyl (C=O) groups is 2. The highest BCUT2D eigenvalue weighted by Gasteiger charge is 2.19. The van der Waals surface area contributed by atoms with Crippen LogP contribution in [-0.4, -0.2) is 39.9 Å².